The smallest absolute Gasteiger partial charge is 0.407 e. The number of rotatable bonds is 6. The molecule has 3 heterocycles. The third-order valence-corrected chi connectivity index (χ3v) is 6.29. The van der Waals surface area contributed by atoms with Crippen molar-refractivity contribution in [1.29, 1.82) is 0 Å². The summed E-state index contributed by atoms with van der Waals surface area (Å²) in [6.45, 7) is 7.92. The molecule has 3 saturated heterocycles. The van der Waals surface area contributed by atoms with Crippen LogP contribution in [0.1, 0.15) is 39.0 Å². The Balaban J connectivity index is 1.20. The van der Waals surface area contributed by atoms with Gasteiger partial charge in [-0.3, -0.25) is 0 Å². The van der Waals surface area contributed by atoms with Gasteiger partial charge in [-0.25, -0.2) is 4.79 Å². The zero-order valence-electron chi connectivity index (χ0n) is 16.3. The van der Waals surface area contributed by atoms with Crippen molar-refractivity contribution >= 4 is 11.8 Å². The quantitative estimate of drug-likeness (QED) is 0.777. The van der Waals surface area contributed by atoms with Gasteiger partial charge >= 0.3 is 6.09 Å². The van der Waals surface area contributed by atoms with E-state index in [-0.39, 0.29) is 11.7 Å². The van der Waals surface area contributed by atoms with Crippen LogP contribution in [0.25, 0.3) is 0 Å². The fourth-order valence-corrected chi connectivity index (χ4v) is 4.49. The fourth-order valence-electron chi connectivity index (χ4n) is 4.49. The molecule has 3 fully saturated rings. The van der Waals surface area contributed by atoms with Crippen LogP contribution in [0.15, 0.2) is 24.3 Å². The number of nitrogens with zero attached hydrogens (tertiary/aromatic N) is 2. The van der Waals surface area contributed by atoms with Gasteiger partial charge in [-0.15, -0.1) is 0 Å². The van der Waals surface area contributed by atoms with Gasteiger partial charge in [0.2, 0.25) is 0 Å². The summed E-state index contributed by atoms with van der Waals surface area (Å²) in [5.74, 6) is 0.940. The van der Waals surface area contributed by atoms with E-state index in [1.54, 1.807) is 0 Å². The number of carbonyl (C=O) groups excluding carboxylic acids is 1. The number of carbonyl (C=O) groups is 1. The lowest BCUT2D eigenvalue weighted by atomic mass is 9.91. The first-order chi connectivity index (χ1) is 13.1. The molecule has 3 aliphatic rings. The number of alkyl carbamates (subject to hydrolysis) is 1. The molecule has 0 unspecified atom stereocenters. The largest absolute Gasteiger partial charge is 0.494 e. The van der Waals surface area contributed by atoms with Gasteiger partial charge in [-0.1, -0.05) is 0 Å². The topological polar surface area (TPSA) is 54.0 Å². The Kier molecular flexibility index (Phi) is 5.43. The highest BCUT2D eigenvalue weighted by Gasteiger charge is 2.42. The highest BCUT2D eigenvalue weighted by Crippen LogP contribution is 2.32. The standard InChI is InChI=1S/C21H31N3O3/c1-17-4-2-11-23(17)12-3-15-26-19-7-5-18(6-8-19)24-13-9-21(10-14-24)16-22-20(25)27-21/h5-8,17H,2-4,9-16H2,1H3,(H,22,25)/t17-/m1/s1. The number of likely N-dealkylation sites (tertiary alicyclic amines) is 1. The van der Waals surface area contributed by atoms with Crippen LogP contribution in [-0.4, -0.2) is 62.0 Å². The van der Waals surface area contributed by atoms with Crippen LogP contribution in [-0.2, 0) is 4.74 Å². The van der Waals surface area contributed by atoms with Crippen molar-refractivity contribution in [3.8, 4) is 5.75 Å². The summed E-state index contributed by atoms with van der Waals surface area (Å²) in [5, 5.41) is 2.79. The zero-order valence-corrected chi connectivity index (χ0v) is 16.3. The summed E-state index contributed by atoms with van der Waals surface area (Å²) in [6.07, 6.45) is 5.22. The van der Waals surface area contributed by atoms with E-state index in [9.17, 15) is 4.79 Å². The minimum absolute atomic E-state index is 0.274. The summed E-state index contributed by atoms with van der Waals surface area (Å²) in [5.41, 5.74) is 0.920. The predicted molar refractivity (Wildman–Crippen MR) is 105 cm³/mol. The molecule has 0 aliphatic carbocycles. The molecule has 0 aromatic heterocycles. The lowest BCUT2D eigenvalue weighted by molar-refractivity contribution is 0.0367. The lowest BCUT2D eigenvalue weighted by Crippen LogP contribution is -2.46. The molecular weight excluding hydrogens is 342 g/mol. The van der Waals surface area contributed by atoms with Crippen molar-refractivity contribution in [1.82, 2.24) is 10.2 Å². The van der Waals surface area contributed by atoms with Gasteiger partial charge in [-0.05, 0) is 57.0 Å². The van der Waals surface area contributed by atoms with E-state index in [1.807, 2.05) is 0 Å². The number of amides is 1. The van der Waals surface area contributed by atoms with Gasteiger partial charge in [0, 0.05) is 44.2 Å². The number of benzene rings is 1. The molecular formula is C21H31N3O3. The Hall–Kier alpha value is -1.95. The first-order valence-electron chi connectivity index (χ1n) is 10.3. The number of anilines is 1. The van der Waals surface area contributed by atoms with Crippen molar-refractivity contribution < 1.29 is 14.3 Å². The van der Waals surface area contributed by atoms with Crippen LogP contribution in [0, 0.1) is 0 Å². The number of piperidine rings is 1. The van der Waals surface area contributed by atoms with Crippen LogP contribution < -0.4 is 15.0 Å². The molecule has 6 nitrogen and oxygen atoms in total. The van der Waals surface area contributed by atoms with Crippen molar-refractivity contribution in [3.63, 3.8) is 0 Å². The Bertz CT molecular complexity index is 641. The van der Waals surface area contributed by atoms with Gasteiger partial charge in [0.15, 0.2) is 0 Å². The number of hydrogen-bond donors (Lipinski definition) is 1. The summed E-state index contributed by atoms with van der Waals surface area (Å²) < 4.78 is 11.4. The van der Waals surface area contributed by atoms with E-state index in [0.717, 1.165) is 57.3 Å². The molecule has 0 saturated carbocycles. The van der Waals surface area contributed by atoms with Crippen LogP contribution in [0.2, 0.25) is 0 Å². The number of hydrogen-bond acceptors (Lipinski definition) is 5. The molecule has 3 aliphatic heterocycles. The first-order valence-corrected chi connectivity index (χ1v) is 10.3. The molecule has 27 heavy (non-hydrogen) atoms. The second-order valence-electron chi connectivity index (χ2n) is 8.14. The SMILES string of the molecule is C[C@@H]1CCCN1CCCOc1ccc(N2CCC3(CC2)CNC(=O)O3)cc1. The van der Waals surface area contributed by atoms with Gasteiger partial charge < -0.3 is 24.6 Å². The van der Waals surface area contributed by atoms with E-state index in [1.165, 1.54) is 25.1 Å². The number of ether oxygens (including phenoxy) is 2. The maximum atomic E-state index is 11.3. The van der Waals surface area contributed by atoms with Crippen LogP contribution in [0.3, 0.4) is 0 Å². The van der Waals surface area contributed by atoms with Crippen LogP contribution >= 0.6 is 0 Å². The van der Waals surface area contributed by atoms with Gasteiger partial charge in [0.1, 0.15) is 11.4 Å². The van der Waals surface area contributed by atoms with Crippen molar-refractivity contribution in [2.75, 3.05) is 44.2 Å². The average molecular weight is 373 g/mol. The Morgan fingerprint density at radius 1 is 1.22 bits per heavy atom. The van der Waals surface area contributed by atoms with Crippen molar-refractivity contribution in [2.45, 2.75) is 50.7 Å². The van der Waals surface area contributed by atoms with E-state index >= 15 is 0 Å². The molecule has 0 bridgehead atoms. The minimum Gasteiger partial charge on any atom is -0.494 e. The summed E-state index contributed by atoms with van der Waals surface area (Å²) in [7, 11) is 0. The summed E-state index contributed by atoms with van der Waals surface area (Å²) >= 11 is 0. The van der Waals surface area contributed by atoms with Gasteiger partial charge in [0.05, 0.1) is 13.2 Å². The highest BCUT2D eigenvalue weighted by molar-refractivity contribution is 5.70. The molecule has 1 spiro atoms. The minimum atomic E-state index is -0.288. The zero-order chi connectivity index (χ0) is 18.7. The third kappa shape index (κ3) is 4.32. The van der Waals surface area contributed by atoms with Crippen LogP contribution in [0.5, 0.6) is 5.75 Å². The lowest BCUT2D eigenvalue weighted by Gasteiger charge is -2.38. The first kappa shape index (κ1) is 18.4. The maximum absolute atomic E-state index is 11.3. The Labute approximate surface area is 161 Å². The summed E-state index contributed by atoms with van der Waals surface area (Å²) in [6, 6.07) is 9.13. The summed E-state index contributed by atoms with van der Waals surface area (Å²) in [4.78, 5) is 16.3. The van der Waals surface area contributed by atoms with Gasteiger partial charge in [0.25, 0.3) is 0 Å². The van der Waals surface area contributed by atoms with Crippen LogP contribution in [0.4, 0.5) is 10.5 Å². The Morgan fingerprint density at radius 2 is 2.00 bits per heavy atom. The molecule has 1 amide bonds. The van der Waals surface area contributed by atoms with Gasteiger partial charge in [-0.2, -0.15) is 0 Å². The predicted octanol–water partition coefficient (Wildman–Crippen LogP) is 3.02. The third-order valence-electron chi connectivity index (χ3n) is 6.29. The highest BCUT2D eigenvalue weighted by atomic mass is 16.6. The molecule has 148 valence electrons. The molecule has 1 aromatic carbocycles. The van der Waals surface area contributed by atoms with E-state index < -0.39 is 0 Å². The second-order valence-corrected chi connectivity index (χ2v) is 8.14. The molecule has 1 atom stereocenters. The monoisotopic (exact) mass is 373 g/mol. The van der Waals surface area contributed by atoms with E-state index in [4.69, 9.17) is 9.47 Å². The van der Waals surface area contributed by atoms with Crippen molar-refractivity contribution in [3.05, 3.63) is 24.3 Å². The normalized spacial score (nSPS) is 24.9. The molecule has 1 aromatic rings. The maximum Gasteiger partial charge on any atom is 0.407 e. The Morgan fingerprint density at radius 3 is 2.63 bits per heavy atom. The van der Waals surface area contributed by atoms with E-state index in [0.29, 0.717) is 6.54 Å². The van der Waals surface area contributed by atoms with Crippen molar-refractivity contribution in [2.24, 2.45) is 0 Å². The molecule has 0 radical (unpaired) electrons. The molecule has 1 N–H and O–H groups in total. The average Bonchev–Trinajstić information content (AvgIpc) is 3.26. The van der Waals surface area contributed by atoms with E-state index in [2.05, 4.69) is 46.3 Å². The second kappa shape index (κ2) is 7.97. The number of nitrogens with one attached hydrogen (secondary N) is 1. The molecule has 4 rings (SSSR count). The molecule has 6 heteroatoms. The fraction of sp³-hybridized carbons (Fsp3) is 0.667.